The maximum absolute atomic E-state index is 12.5. The summed E-state index contributed by atoms with van der Waals surface area (Å²) in [6.45, 7) is 1.29. The van der Waals surface area contributed by atoms with E-state index in [1.807, 2.05) is 0 Å². The van der Waals surface area contributed by atoms with E-state index in [9.17, 15) is 18.0 Å². The zero-order chi connectivity index (χ0) is 12.3. The Labute approximate surface area is 90.0 Å². The van der Waals surface area contributed by atoms with E-state index >= 15 is 0 Å². The molecule has 0 spiro atoms. The number of alkyl halides is 3. The van der Waals surface area contributed by atoms with Crippen LogP contribution in [0.3, 0.4) is 0 Å². The molecule has 0 aliphatic rings. The summed E-state index contributed by atoms with van der Waals surface area (Å²) in [5, 5.41) is 0. The maximum atomic E-state index is 12.5. The van der Waals surface area contributed by atoms with Crippen LogP contribution in [0.4, 0.5) is 13.2 Å². The topological polar surface area (TPSA) is 52.3 Å². The van der Waals surface area contributed by atoms with Gasteiger partial charge in [-0.3, -0.25) is 4.79 Å². The van der Waals surface area contributed by atoms with Gasteiger partial charge in [-0.25, -0.2) is 0 Å². The van der Waals surface area contributed by atoms with Gasteiger partial charge in [0.25, 0.3) is 5.91 Å². The molecular formula is C10H10F3NO2. The second kappa shape index (κ2) is 4.42. The van der Waals surface area contributed by atoms with Gasteiger partial charge in [-0.2, -0.15) is 13.2 Å². The van der Waals surface area contributed by atoms with E-state index in [1.54, 1.807) is 0 Å². The third kappa shape index (κ3) is 2.88. The predicted molar refractivity (Wildman–Crippen MR) is 50.7 cm³/mol. The van der Waals surface area contributed by atoms with Crippen LogP contribution < -0.4 is 10.5 Å². The van der Waals surface area contributed by atoms with Crippen LogP contribution in [0.25, 0.3) is 0 Å². The molecule has 1 rings (SSSR count). The molecule has 0 radical (unpaired) electrons. The Morgan fingerprint density at radius 1 is 1.38 bits per heavy atom. The zero-order valence-electron chi connectivity index (χ0n) is 8.41. The SMILES string of the molecule is CC(Oc1ccccc1C(F)(F)F)C(N)=O. The average Bonchev–Trinajstić information content (AvgIpc) is 2.16. The van der Waals surface area contributed by atoms with Crippen LogP contribution in [-0.4, -0.2) is 12.0 Å². The molecule has 0 aliphatic carbocycles. The number of para-hydroxylation sites is 1. The maximum Gasteiger partial charge on any atom is 0.419 e. The van der Waals surface area contributed by atoms with E-state index in [2.05, 4.69) is 0 Å². The molecule has 1 atom stereocenters. The van der Waals surface area contributed by atoms with Crippen LogP contribution >= 0.6 is 0 Å². The van der Waals surface area contributed by atoms with Crippen LogP contribution in [-0.2, 0) is 11.0 Å². The Kier molecular flexibility index (Phi) is 3.41. The molecule has 0 aliphatic heterocycles. The monoisotopic (exact) mass is 233 g/mol. The van der Waals surface area contributed by atoms with Crippen molar-refractivity contribution in [3.05, 3.63) is 29.8 Å². The third-order valence-electron chi connectivity index (χ3n) is 1.90. The van der Waals surface area contributed by atoms with Crippen molar-refractivity contribution in [2.24, 2.45) is 5.73 Å². The normalized spacial score (nSPS) is 13.2. The number of ether oxygens (including phenoxy) is 1. The van der Waals surface area contributed by atoms with E-state index in [-0.39, 0.29) is 0 Å². The summed E-state index contributed by atoms with van der Waals surface area (Å²) < 4.78 is 42.4. The lowest BCUT2D eigenvalue weighted by atomic mass is 10.2. The lowest BCUT2D eigenvalue weighted by Crippen LogP contribution is -2.31. The number of halogens is 3. The molecule has 0 bridgehead atoms. The van der Waals surface area contributed by atoms with Crippen LogP contribution in [0.5, 0.6) is 5.75 Å². The molecule has 0 heterocycles. The lowest BCUT2D eigenvalue weighted by molar-refractivity contribution is -0.140. The first-order valence-corrected chi connectivity index (χ1v) is 4.44. The summed E-state index contributed by atoms with van der Waals surface area (Å²) in [4.78, 5) is 10.7. The molecule has 1 unspecified atom stereocenters. The molecule has 0 saturated heterocycles. The van der Waals surface area contributed by atoms with Crippen LogP contribution in [0.1, 0.15) is 12.5 Å². The molecule has 16 heavy (non-hydrogen) atoms. The highest BCUT2D eigenvalue weighted by atomic mass is 19.4. The first-order valence-electron chi connectivity index (χ1n) is 4.44. The van der Waals surface area contributed by atoms with Crippen LogP contribution in [0.2, 0.25) is 0 Å². The number of carbonyl (C=O) groups excluding carboxylic acids is 1. The number of hydrogen-bond donors (Lipinski definition) is 1. The molecule has 6 heteroatoms. The summed E-state index contributed by atoms with van der Waals surface area (Å²) in [6.07, 6.45) is -5.63. The Morgan fingerprint density at radius 3 is 2.44 bits per heavy atom. The number of primary amides is 1. The lowest BCUT2D eigenvalue weighted by Gasteiger charge is -2.16. The summed E-state index contributed by atoms with van der Waals surface area (Å²) in [6, 6.07) is 4.65. The molecule has 1 aromatic rings. The van der Waals surface area contributed by atoms with Gasteiger partial charge in [-0.15, -0.1) is 0 Å². The first-order chi connectivity index (χ1) is 7.32. The number of carbonyl (C=O) groups is 1. The Bertz CT molecular complexity index is 390. The first kappa shape index (κ1) is 12.4. The molecule has 0 saturated carbocycles. The standard InChI is InChI=1S/C10H10F3NO2/c1-6(9(14)15)16-8-5-3-2-4-7(8)10(11,12)13/h2-6H,1H3,(H2,14,15). The molecule has 1 amide bonds. The van der Waals surface area contributed by atoms with Crippen molar-refractivity contribution in [1.29, 1.82) is 0 Å². The van der Waals surface area contributed by atoms with Gasteiger partial charge in [0.1, 0.15) is 5.75 Å². The minimum Gasteiger partial charge on any atom is -0.480 e. The number of amides is 1. The van der Waals surface area contributed by atoms with Crippen molar-refractivity contribution in [2.45, 2.75) is 19.2 Å². The summed E-state index contributed by atoms with van der Waals surface area (Å²) in [5.41, 5.74) is 3.97. The van der Waals surface area contributed by atoms with Crippen molar-refractivity contribution >= 4 is 5.91 Å². The summed E-state index contributed by atoms with van der Waals surface area (Å²) >= 11 is 0. The van der Waals surface area contributed by atoms with Crippen molar-refractivity contribution in [2.75, 3.05) is 0 Å². The fourth-order valence-corrected chi connectivity index (χ4v) is 1.05. The Balaban J connectivity index is 3.01. The van der Waals surface area contributed by atoms with E-state index in [0.717, 1.165) is 12.1 Å². The van der Waals surface area contributed by atoms with Crippen molar-refractivity contribution < 1.29 is 22.7 Å². The largest absolute Gasteiger partial charge is 0.480 e. The van der Waals surface area contributed by atoms with Crippen LogP contribution in [0, 0.1) is 0 Å². The molecule has 3 nitrogen and oxygen atoms in total. The number of benzene rings is 1. The van der Waals surface area contributed by atoms with Gasteiger partial charge in [-0.1, -0.05) is 12.1 Å². The van der Waals surface area contributed by atoms with Gasteiger partial charge < -0.3 is 10.5 Å². The van der Waals surface area contributed by atoms with E-state index in [1.165, 1.54) is 19.1 Å². The Morgan fingerprint density at radius 2 is 1.94 bits per heavy atom. The second-order valence-electron chi connectivity index (χ2n) is 3.16. The predicted octanol–water partition coefficient (Wildman–Crippen LogP) is 1.96. The third-order valence-corrected chi connectivity index (χ3v) is 1.90. The van der Waals surface area contributed by atoms with E-state index in [4.69, 9.17) is 10.5 Å². The minimum atomic E-state index is -4.52. The number of nitrogens with two attached hydrogens (primary N) is 1. The van der Waals surface area contributed by atoms with Gasteiger partial charge >= 0.3 is 6.18 Å². The molecule has 1 aromatic carbocycles. The summed E-state index contributed by atoms with van der Waals surface area (Å²) in [5.74, 6) is -1.22. The molecular weight excluding hydrogens is 223 g/mol. The van der Waals surface area contributed by atoms with Crippen molar-refractivity contribution in [3.63, 3.8) is 0 Å². The van der Waals surface area contributed by atoms with Gasteiger partial charge in [0.2, 0.25) is 0 Å². The van der Waals surface area contributed by atoms with Crippen molar-refractivity contribution in [1.82, 2.24) is 0 Å². The zero-order valence-corrected chi connectivity index (χ0v) is 8.41. The second-order valence-corrected chi connectivity index (χ2v) is 3.16. The fourth-order valence-electron chi connectivity index (χ4n) is 1.05. The highest BCUT2D eigenvalue weighted by Crippen LogP contribution is 2.36. The van der Waals surface area contributed by atoms with E-state index < -0.39 is 29.5 Å². The van der Waals surface area contributed by atoms with Crippen LogP contribution in [0.15, 0.2) is 24.3 Å². The highest BCUT2D eigenvalue weighted by molar-refractivity contribution is 5.78. The number of hydrogen-bond acceptors (Lipinski definition) is 2. The van der Waals surface area contributed by atoms with Gasteiger partial charge in [0, 0.05) is 0 Å². The van der Waals surface area contributed by atoms with E-state index in [0.29, 0.717) is 0 Å². The fraction of sp³-hybridized carbons (Fsp3) is 0.300. The smallest absolute Gasteiger partial charge is 0.419 e. The molecule has 2 N–H and O–H groups in total. The summed E-state index contributed by atoms with van der Waals surface area (Å²) in [7, 11) is 0. The molecule has 0 fully saturated rings. The minimum absolute atomic E-state index is 0.402. The molecule has 0 aromatic heterocycles. The average molecular weight is 233 g/mol. The van der Waals surface area contributed by atoms with Gasteiger partial charge in [-0.05, 0) is 19.1 Å². The van der Waals surface area contributed by atoms with Gasteiger partial charge in [0.05, 0.1) is 5.56 Å². The molecule has 88 valence electrons. The number of rotatable bonds is 3. The van der Waals surface area contributed by atoms with Gasteiger partial charge in [0.15, 0.2) is 6.10 Å². The Hall–Kier alpha value is -1.72. The highest BCUT2D eigenvalue weighted by Gasteiger charge is 2.34. The quantitative estimate of drug-likeness (QED) is 0.867. The van der Waals surface area contributed by atoms with Crippen molar-refractivity contribution in [3.8, 4) is 5.75 Å².